The second-order valence-electron chi connectivity index (χ2n) is 8.13. The molecule has 1 aliphatic rings. The van der Waals surface area contributed by atoms with Gasteiger partial charge in [0.2, 0.25) is 5.82 Å². The molecule has 0 bridgehead atoms. The molecule has 0 unspecified atom stereocenters. The van der Waals surface area contributed by atoms with Gasteiger partial charge in [-0.3, -0.25) is 14.3 Å². The van der Waals surface area contributed by atoms with Crippen molar-refractivity contribution in [3.8, 4) is 5.75 Å². The molecule has 3 aromatic carbocycles. The van der Waals surface area contributed by atoms with E-state index in [-0.39, 0.29) is 6.61 Å². The summed E-state index contributed by atoms with van der Waals surface area (Å²) in [6.45, 7) is 0.520. The number of aromatic amines is 1. The smallest absolute Gasteiger partial charge is 0.330 e. The summed E-state index contributed by atoms with van der Waals surface area (Å²) in [6.07, 6.45) is -0.576. The first kappa shape index (κ1) is 22.1. The minimum absolute atomic E-state index is 0.171. The maximum absolute atomic E-state index is 13.9. The number of ether oxygens (including phenoxy) is 3. The second-order valence-corrected chi connectivity index (χ2v) is 8.13. The summed E-state index contributed by atoms with van der Waals surface area (Å²) in [5.41, 5.74) is -0.812. The number of hydrogen-bond donors (Lipinski definition) is 1. The molecule has 7 nitrogen and oxygen atoms in total. The molecule has 174 valence electrons. The van der Waals surface area contributed by atoms with E-state index in [9.17, 15) is 14.0 Å². The van der Waals surface area contributed by atoms with Crippen LogP contribution >= 0.6 is 0 Å². The Labute approximate surface area is 194 Å². The molecule has 8 heteroatoms. The molecule has 1 aliphatic heterocycles. The number of H-pyrrole nitrogens is 1. The molecule has 0 saturated carbocycles. The summed E-state index contributed by atoms with van der Waals surface area (Å²) < 4.78 is 33.3. The van der Waals surface area contributed by atoms with E-state index in [1.165, 1.54) is 0 Å². The van der Waals surface area contributed by atoms with Crippen LogP contribution in [0.5, 0.6) is 5.75 Å². The Bertz CT molecular complexity index is 1400. The number of rotatable bonds is 7. The molecular weight excluding hydrogens is 439 g/mol. The zero-order chi connectivity index (χ0) is 23.5. The van der Waals surface area contributed by atoms with Gasteiger partial charge < -0.3 is 14.2 Å². The number of nitrogens with zero attached hydrogens (tertiary/aromatic N) is 1. The Hall–Kier alpha value is -3.75. The van der Waals surface area contributed by atoms with Crippen molar-refractivity contribution in [1.29, 1.82) is 0 Å². The molecule has 34 heavy (non-hydrogen) atoms. The van der Waals surface area contributed by atoms with E-state index in [0.29, 0.717) is 18.8 Å². The van der Waals surface area contributed by atoms with Crippen molar-refractivity contribution < 1.29 is 18.6 Å². The molecule has 0 radical (unpaired) electrons. The van der Waals surface area contributed by atoms with Gasteiger partial charge in [-0.05, 0) is 17.0 Å². The van der Waals surface area contributed by atoms with Crippen molar-refractivity contribution in [2.75, 3.05) is 6.61 Å². The van der Waals surface area contributed by atoms with E-state index in [2.05, 4.69) is 0 Å². The third-order valence-electron chi connectivity index (χ3n) is 5.87. The fourth-order valence-corrected chi connectivity index (χ4v) is 4.14. The first-order chi connectivity index (χ1) is 16.6. The maximum Gasteiger partial charge on any atom is 0.330 e. The Morgan fingerprint density at radius 3 is 2.62 bits per heavy atom. The van der Waals surface area contributed by atoms with Crippen LogP contribution in [0.2, 0.25) is 0 Å². The molecule has 0 aliphatic carbocycles. The summed E-state index contributed by atoms with van der Waals surface area (Å²) in [4.78, 5) is 25.7. The van der Waals surface area contributed by atoms with Gasteiger partial charge in [-0.2, -0.15) is 4.39 Å². The molecule has 3 atom stereocenters. The average molecular weight is 462 g/mol. The van der Waals surface area contributed by atoms with Crippen LogP contribution < -0.4 is 16.0 Å². The lowest BCUT2D eigenvalue weighted by molar-refractivity contribution is -0.0613. The predicted octanol–water partition coefficient (Wildman–Crippen LogP) is 3.78. The Morgan fingerprint density at radius 2 is 1.76 bits per heavy atom. The highest BCUT2D eigenvalue weighted by Crippen LogP contribution is 2.32. The predicted molar refractivity (Wildman–Crippen MR) is 124 cm³/mol. The van der Waals surface area contributed by atoms with Crippen LogP contribution in [-0.2, 0) is 16.1 Å². The number of benzene rings is 3. The van der Waals surface area contributed by atoms with Crippen LogP contribution in [0.1, 0.15) is 18.2 Å². The fraction of sp³-hybridized carbons (Fsp3) is 0.231. The lowest BCUT2D eigenvalue weighted by atomic mass is 10.1. The van der Waals surface area contributed by atoms with Gasteiger partial charge in [0.15, 0.2) is 0 Å². The Morgan fingerprint density at radius 1 is 1.00 bits per heavy atom. The van der Waals surface area contributed by atoms with E-state index < -0.39 is 35.5 Å². The van der Waals surface area contributed by atoms with Crippen LogP contribution in [0.25, 0.3) is 10.8 Å². The monoisotopic (exact) mass is 462 g/mol. The largest absolute Gasteiger partial charge is 0.490 e. The van der Waals surface area contributed by atoms with Crippen molar-refractivity contribution in [3.05, 3.63) is 111 Å². The van der Waals surface area contributed by atoms with E-state index in [0.717, 1.165) is 27.1 Å². The van der Waals surface area contributed by atoms with Gasteiger partial charge in [0.05, 0.1) is 18.9 Å². The Kier molecular flexibility index (Phi) is 6.24. The topological polar surface area (TPSA) is 82.6 Å². The number of hydrogen-bond acceptors (Lipinski definition) is 5. The van der Waals surface area contributed by atoms with Gasteiger partial charge in [-0.25, -0.2) is 4.79 Å². The number of halogens is 1. The third-order valence-corrected chi connectivity index (χ3v) is 5.87. The molecule has 5 rings (SSSR count). The molecule has 0 amide bonds. The van der Waals surface area contributed by atoms with Crippen molar-refractivity contribution in [2.45, 2.75) is 31.5 Å². The van der Waals surface area contributed by atoms with Crippen molar-refractivity contribution in [3.63, 3.8) is 0 Å². The van der Waals surface area contributed by atoms with Crippen LogP contribution in [0, 0.1) is 5.82 Å². The highest BCUT2D eigenvalue weighted by molar-refractivity contribution is 5.88. The van der Waals surface area contributed by atoms with Gasteiger partial charge in [-0.1, -0.05) is 66.7 Å². The van der Waals surface area contributed by atoms with Crippen molar-refractivity contribution >= 4 is 10.8 Å². The van der Waals surface area contributed by atoms with Gasteiger partial charge >= 0.3 is 5.69 Å². The normalized spacial score (nSPS) is 20.0. The summed E-state index contributed by atoms with van der Waals surface area (Å²) in [7, 11) is 0. The van der Waals surface area contributed by atoms with Crippen LogP contribution in [0.15, 0.2) is 88.6 Å². The van der Waals surface area contributed by atoms with Crippen LogP contribution in [-0.4, -0.2) is 28.4 Å². The molecule has 1 aromatic heterocycles. The van der Waals surface area contributed by atoms with E-state index in [1.54, 1.807) is 0 Å². The fourth-order valence-electron chi connectivity index (χ4n) is 4.14. The molecule has 2 heterocycles. The van der Waals surface area contributed by atoms with E-state index in [4.69, 9.17) is 14.2 Å². The first-order valence-corrected chi connectivity index (χ1v) is 11.0. The molecule has 1 saturated heterocycles. The summed E-state index contributed by atoms with van der Waals surface area (Å²) in [6, 6.07) is 23.4. The second kappa shape index (κ2) is 9.62. The lowest BCUT2D eigenvalue weighted by Crippen LogP contribution is -2.34. The van der Waals surface area contributed by atoms with E-state index >= 15 is 0 Å². The third kappa shape index (κ3) is 4.64. The van der Waals surface area contributed by atoms with Crippen LogP contribution in [0.3, 0.4) is 0 Å². The summed E-state index contributed by atoms with van der Waals surface area (Å²) >= 11 is 0. The molecular formula is C26H23FN2O5. The highest BCUT2D eigenvalue weighted by Gasteiger charge is 2.38. The molecule has 1 N–H and O–H groups in total. The van der Waals surface area contributed by atoms with Crippen LogP contribution in [0.4, 0.5) is 4.39 Å². The zero-order valence-electron chi connectivity index (χ0n) is 18.2. The molecule has 1 fully saturated rings. The minimum Gasteiger partial charge on any atom is -0.490 e. The maximum atomic E-state index is 13.9. The van der Waals surface area contributed by atoms with Gasteiger partial charge in [-0.15, -0.1) is 0 Å². The quantitative estimate of drug-likeness (QED) is 0.452. The molecule has 0 spiro atoms. The summed E-state index contributed by atoms with van der Waals surface area (Å²) in [5, 5.41) is 2.03. The average Bonchev–Trinajstić information content (AvgIpc) is 3.27. The minimum atomic E-state index is -1.06. The van der Waals surface area contributed by atoms with E-state index in [1.807, 2.05) is 77.8 Å². The SMILES string of the molecule is O=c1[nH]c(=O)n([C@H]2C[C@H](OCc3ccccc3)[C@@H](COc3cccc4ccccc34)O2)cc1F. The molecule has 4 aromatic rings. The number of aromatic nitrogens is 2. The zero-order valence-corrected chi connectivity index (χ0v) is 18.2. The highest BCUT2D eigenvalue weighted by atomic mass is 19.1. The number of fused-ring (bicyclic) bond motifs is 1. The van der Waals surface area contributed by atoms with Crippen molar-refractivity contribution in [1.82, 2.24) is 9.55 Å². The van der Waals surface area contributed by atoms with Crippen molar-refractivity contribution in [2.24, 2.45) is 0 Å². The van der Waals surface area contributed by atoms with Gasteiger partial charge in [0.25, 0.3) is 5.56 Å². The van der Waals surface area contributed by atoms with Gasteiger partial charge in [0.1, 0.15) is 24.7 Å². The first-order valence-electron chi connectivity index (χ1n) is 11.0. The van der Waals surface area contributed by atoms with Gasteiger partial charge in [0, 0.05) is 11.8 Å². The standard InChI is InChI=1S/C26H23FN2O5/c27-20-14-29(26(31)28-25(20)30)24-13-22(32-15-17-7-2-1-3-8-17)23(34-24)16-33-21-12-6-10-18-9-4-5-11-19(18)21/h1-12,14,22-24H,13,15-16H2,(H,28,30,31)/t22-,23+,24+/m0/s1. The number of nitrogens with one attached hydrogen (secondary N) is 1. The lowest BCUT2D eigenvalue weighted by Gasteiger charge is -2.20. The summed E-state index contributed by atoms with van der Waals surface area (Å²) in [5.74, 6) is -0.348. The Balaban J connectivity index is 1.37.